The van der Waals surface area contributed by atoms with E-state index in [9.17, 15) is 9.18 Å². The summed E-state index contributed by atoms with van der Waals surface area (Å²) in [6.45, 7) is 3.95. The van der Waals surface area contributed by atoms with Crippen LogP contribution in [-0.2, 0) is 0 Å². The van der Waals surface area contributed by atoms with Crippen LogP contribution in [0.3, 0.4) is 0 Å². The quantitative estimate of drug-likeness (QED) is 0.750. The Morgan fingerprint density at radius 1 is 1.30 bits per heavy atom. The number of nitrogens with one attached hydrogen (secondary N) is 1. The third-order valence-corrected chi connectivity index (χ3v) is 4.38. The standard InChI is InChI=1S/C19H19FN6O/c1-11(2)18-23-24-25-26(18)15-9-12(17-16(20)4-3-7-21-17)8-13(10-15)19(27)22-14-5-6-14/h3-4,7-11,14H,5-6H2,1-2H3,(H,22,27). The number of hydrogen-bond donors (Lipinski definition) is 1. The van der Waals surface area contributed by atoms with Gasteiger partial charge in [-0.25, -0.2) is 4.39 Å². The number of pyridine rings is 1. The number of aromatic nitrogens is 5. The van der Waals surface area contributed by atoms with Crippen LogP contribution in [0.1, 0.15) is 48.8 Å². The number of benzene rings is 1. The summed E-state index contributed by atoms with van der Waals surface area (Å²) in [6, 6.07) is 8.19. The molecule has 0 bridgehead atoms. The van der Waals surface area contributed by atoms with E-state index < -0.39 is 5.82 Å². The Morgan fingerprint density at radius 3 is 2.81 bits per heavy atom. The monoisotopic (exact) mass is 366 g/mol. The Balaban J connectivity index is 1.85. The molecular formula is C19H19FN6O. The number of nitrogens with zero attached hydrogens (tertiary/aromatic N) is 5. The molecule has 1 saturated carbocycles. The fourth-order valence-electron chi connectivity index (χ4n) is 2.83. The van der Waals surface area contributed by atoms with Gasteiger partial charge in [0, 0.05) is 29.3 Å². The highest BCUT2D eigenvalue weighted by molar-refractivity contribution is 5.96. The molecule has 0 spiro atoms. The van der Waals surface area contributed by atoms with E-state index in [1.807, 2.05) is 13.8 Å². The molecular weight excluding hydrogens is 347 g/mol. The van der Waals surface area contributed by atoms with Crippen LogP contribution in [0.5, 0.6) is 0 Å². The fourth-order valence-corrected chi connectivity index (χ4v) is 2.83. The van der Waals surface area contributed by atoms with Gasteiger partial charge in [0.2, 0.25) is 0 Å². The van der Waals surface area contributed by atoms with E-state index in [1.165, 1.54) is 18.3 Å². The molecule has 1 fully saturated rings. The third kappa shape index (κ3) is 3.55. The van der Waals surface area contributed by atoms with Crippen LogP contribution in [0.15, 0.2) is 36.5 Å². The van der Waals surface area contributed by atoms with Gasteiger partial charge in [-0.05, 0) is 53.6 Å². The van der Waals surface area contributed by atoms with E-state index in [0.29, 0.717) is 22.6 Å². The van der Waals surface area contributed by atoms with Crippen LogP contribution in [0, 0.1) is 5.82 Å². The molecule has 0 radical (unpaired) electrons. The minimum Gasteiger partial charge on any atom is -0.349 e. The highest BCUT2D eigenvalue weighted by Gasteiger charge is 2.25. The lowest BCUT2D eigenvalue weighted by Crippen LogP contribution is -2.25. The van der Waals surface area contributed by atoms with Crippen LogP contribution < -0.4 is 5.32 Å². The lowest BCUT2D eigenvalue weighted by atomic mass is 10.0. The molecule has 1 aliphatic rings. The molecule has 4 rings (SSSR count). The summed E-state index contributed by atoms with van der Waals surface area (Å²) in [5, 5.41) is 14.8. The molecule has 138 valence electrons. The number of carbonyl (C=O) groups excluding carboxylic acids is 1. The van der Waals surface area contributed by atoms with Gasteiger partial charge in [-0.2, -0.15) is 4.68 Å². The molecule has 8 heteroatoms. The maximum Gasteiger partial charge on any atom is 0.251 e. The highest BCUT2D eigenvalue weighted by atomic mass is 19.1. The average Bonchev–Trinajstić information content (AvgIpc) is 3.32. The van der Waals surface area contributed by atoms with Crippen LogP contribution in [0.2, 0.25) is 0 Å². The number of amides is 1. The maximum absolute atomic E-state index is 14.3. The molecule has 27 heavy (non-hydrogen) atoms. The minimum absolute atomic E-state index is 0.0824. The van der Waals surface area contributed by atoms with Gasteiger partial charge in [-0.1, -0.05) is 13.8 Å². The Morgan fingerprint density at radius 2 is 2.11 bits per heavy atom. The average molecular weight is 366 g/mol. The number of halogens is 1. The number of carbonyl (C=O) groups is 1. The van der Waals surface area contributed by atoms with Crippen molar-refractivity contribution in [3.8, 4) is 16.9 Å². The molecule has 2 heterocycles. The lowest BCUT2D eigenvalue weighted by Gasteiger charge is -2.12. The smallest absolute Gasteiger partial charge is 0.251 e. The van der Waals surface area contributed by atoms with E-state index in [1.54, 1.807) is 22.9 Å². The second kappa shape index (κ2) is 6.86. The molecule has 0 aliphatic heterocycles. The summed E-state index contributed by atoms with van der Waals surface area (Å²) < 4.78 is 15.9. The van der Waals surface area contributed by atoms with Crippen molar-refractivity contribution in [3.63, 3.8) is 0 Å². The van der Waals surface area contributed by atoms with Crippen molar-refractivity contribution in [1.29, 1.82) is 0 Å². The molecule has 7 nitrogen and oxygen atoms in total. The maximum atomic E-state index is 14.3. The molecule has 2 aromatic heterocycles. The lowest BCUT2D eigenvalue weighted by molar-refractivity contribution is 0.0951. The molecule has 0 unspecified atom stereocenters. The van der Waals surface area contributed by atoms with Crippen LogP contribution in [-0.4, -0.2) is 37.1 Å². The van der Waals surface area contributed by atoms with Crippen molar-refractivity contribution in [2.75, 3.05) is 0 Å². The number of tetrazole rings is 1. The van der Waals surface area contributed by atoms with Crippen LogP contribution >= 0.6 is 0 Å². The van der Waals surface area contributed by atoms with Gasteiger partial charge >= 0.3 is 0 Å². The normalized spacial score (nSPS) is 13.8. The Hall–Kier alpha value is -3.16. The van der Waals surface area contributed by atoms with Crippen molar-refractivity contribution in [2.45, 2.75) is 38.6 Å². The Kier molecular flexibility index (Phi) is 4.39. The molecule has 0 saturated heterocycles. The van der Waals surface area contributed by atoms with E-state index in [4.69, 9.17) is 0 Å². The Bertz CT molecular complexity index is 995. The molecule has 0 atom stereocenters. The summed E-state index contributed by atoms with van der Waals surface area (Å²) in [4.78, 5) is 16.8. The molecule has 1 N–H and O–H groups in total. The van der Waals surface area contributed by atoms with Crippen molar-refractivity contribution in [3.05, 3.63) is 53.7 Å². The van der Waals surface area contributed by atoms with Gasteiger partial charge in [-0.15, -0.1) is 5.10 Å². The van der Waals surface area contributed by atoms with E-state index >= 15 is 0 Å². The zero-order valence-corrected chi connectivity index (χ0v) is 15.1. The first kappa shape index (κ1) is 17.3. The Labute approximate surface area is 155 Å². The zero-order chi connectivity index (χ0) is 19.0. The van der Waals surface area contributed by atoms with Crippen molar-refractivity contribution < 1.29 is 9.18 Å². The van der Waals surface area contributed by atoms with Crippen molar-refractivity contribution in [2.24, 2.45) is 0 Å². The van der Waals surface area contributed by atoms with Gasteiger partial charge < -0.3 is 5.32 Å². The topological polar surface area (TPSA) is 85.6 Å². The predicted molar refractivity (Wildman–Crippen MR) is 96.9 cm³/mol. The number of hydrogen-bond acceptors (Lipinski definition) is 5. The second-order valence-corrected chi connectivity index (χ2v) is 6.95. The minimum atomic E-state index is -0.455. The summed E-state index contributed by atoms with van der Waals surface area (Å²) in [5.74, 6) is 0.0845. The summed E-state index contributed by atoms with van der Waals surface area (Å²) in [5.41, 5.74) is 1.69. The molecule has 3 aromatic rings. The largest absolute Gasteiger partial charge is 0.349 e. The van der Waals surface area contributed by atoms with Crippen molar-refractivity contribution in [1.82, 2.24) is 30.5 Å². The third-order valence-electron chi connectivity index (χ3n) is 4.38. The molecule has 1 amide bonds. The summed E-state index contributed by atoms with van der Waals surface area (Å²) in [6.07, 6.45) is 3.49. The SMILES string of the molecule is CC(C)c1nnnn1-c1cc(C(=O)NC2CC2)cc(-c2ncccc2F)c1. The predicted octanol–water partition coefficient (Wildman–Crippen LogP) is 2.88. The molecule has 1 aromatic carbocycles. The van der Waals surface area contributed by atoms with E-state index in [0.717, 1.165) is 12.8 Å². The highest BCUT2D eigenvalue weighted by Crippen LogP contribution is 2.27. The summed E-state index contributed by atoms with van der Waals surface area (Å²) >= 11 is 0. The zero-order valence-electron chi connectivity index (χ0n) is 15.1. The van der Waals surface area contributed by atoms with Crippen molar-refractivity contribution >= 4 is 5.91 Å². The first-order valence-corrected chi connectivity index (χ1v) is 8.88. The number of rotatable bonds is 5. The van der Waals surface area contributed by atoms with Gasteiger partial charge in [0.15, 0.2) is 5.82 Å². The summed E-state index contributed by atoms with van der Waals surface area (Å²) in [7, 11) is 0. The fraction of sp³-hybridized carbons (Fsp3) is 0.316. The first-order chi connectivity index (χ1) is 13.0. The van der Waals surface area contributed by atoms with Gasteiger partial charge in [0.1, 0.15) is 11.5 Å². The van der Waals surface area contributed by atoms with Crippen LogP contribution in [0.25, 0.3) is 16.9 Å². The van der Waals surface area contributed by atoms with Gasteiger partial charge in [0.05, 0.1) is 5.69 Å². The van der Waals surface area contributed by atoms with Gasteiger partial charge in [0.25, 0.3) is 5.91 Å². The second-order valence-electron chi connectivity index (χ2n) is 6.95. The van der Waals surface area contributed by atoms with E-state index in [2.05, 4.69) is 25.8 Å². The molecule has 1 aliphatic carbocycles. The van der Waals surface area contributed by atoms with Crippen LogP contribution in [0.4, 0.5) is 4.39 Å². The van der Waals surface area contributed by atoms with Gasteiger partial charge in [-0.3, -0.25) is 9.78 Å². The first-order valence-electron chi connectivity index (χ1n) is 8.88. The van der Waals surface area contributed by atoms with E-state index in [-0.39, 0.29) is 23.6 Å².